The summed E-state index contributed by atoms with van der Waals surface area (Å²) in [5, 5.41) is 2.92. The number of amides is 1. The number of rotatable bonds is 7. The third-order valence-electron chi connectivity index (χ3n) is 5.36. The third-order valence-corrected chi connectivity index (χ3v) is 5.36. The Hall–Kier alpha value is -2.54. The lowest BCUT2D eigenvalue weighted by molar-refractivity contribution is -0.138. The monoisotopic (exact) mass is 406 g/mol. The van der Waals surface area contributed by atoms with Crippen molar-refractivity contribution in [2.45, 2.75) is 24.6 Å². The molecule has 0 heterocycles. The Morgan fingerprint density at radius 1 is 1.21 bits per heavy atom. The standard InChI is InChI=1S/C22H25F3N2O2/c1-27(2)20(14-7-6-8-15(11-14)29-3)13-26-21(28)18-12-17(18)16-9-4-5-10-19(16)22(23,24)25/h4-11,17-18,20H,12-13H2,1-3H3,(H,26,28). The first-order valence-corrected chi connectivity index (χ1v) is 9.46. The van der Waals surface area contributed by atoms with E-state index in [1.54, 1.807) is 13.2 Å². The number of hydrogen-bond acceptors (Lipinski definition) is 3. The summed E-state index contributed by atoms with van der Waals surface area (Å²) in [4.78, 5) is 14.6. The smallest absolute Gasteiger partial charge is 0.416 e. The van der Waals surface area contributed by atoms with Gasteiger partial charge in [-0.05, 0) is 55.8 Å². The summed E-state index contributed by atoms with van der Waals surface area (Å²) in [6, 6.07) is 13.0. The first-order chi connectivity index (χ1) is 13.7. The van der Waals surface area contributed by atoms with Crippen molar-refractivity contribution in [3.63, 3.8) is 0 Å². The number of hydrogen-bond donors (Lipinski definition) is 1. The summed E-state index contributed by atoms with van der Waals surface area (Å²) in [7, 11) is 5.42. The summed E-state index contributed by atoms with van der Waals surface area (Å²) in [5.41, 5.74) is 0.546. The van der Waals surface area contributed by atoms with Gasteiger partial charge in [-0.25, -0.2) is 0 Å². The van der Waals surface area contributed by atoms with Crippen molar-refractivity contribution in [2.24, 2.45) is 5.92 Å². The van der Waals surface area contributed by atoms with Crippen LogP contribution in [0.2, 0.25) is 0 Å². The van der Waals surface area contributed by atoms with Crippen molar-refractivity contribution in [3.05, 3.63) is 65.2 Å². The fraction of sp³-hybridized carbons (Fsp3) is 0.409. The van der Waals surface area contributed by atoms with Gasteiger partial charge in [-0.15, -0.1) is 0 Å². The topological polar surface area (TPSA) is 41.6 Å². The molecule has 0 saturated heterocycles. The average molecular weight is 406 g/mol. The van der Waals surface area contributed by atoms with E-state index in [-0.39, 0.29) is 23.4 Å². The van der Waals surface area contributed by atoms with Gasteiger partial charge < -0.3 is 15.0 Å². The molecule has 29 heavy (non-hydrogen) atoms. The second-order valence-electron chi connectivity index (χ2n) is 7.53. The van der Waals surface area contributed by atoms with Crippen LogP contribution < -0.4 is 10.1 Å². The van der Waals surface area contributed by atoms with Crippen molar-refractivity contribution >= 4 is 5.91 Å². The molecule has 0 aliphatic heterocycles. The molecule has 3 unspecified atom stereocenters. The molecule has 1 aliphatic rings. The summed E-state index contributed by atoms with van der Waals surface area (Å²) in [5.74, 6) is -0.289. The van der Waals surface area contributed by atoms with Crippen molar-refractivity contribution in [3.8, 4) is 5.75 Å². The Bertz CT molecular complexity index is 867. The van der Waals surface area contributed by atoms with Gasteiger partial charge in [0.1, 0.15) is 5.75 Å². The van der Waals surface area contributed by atoms with E-state index in [4.69, 9.17) is 4.74 Å². The lowest BCUT2D eigenvalue weighted by Gasteiger charge is -2.25. The highest BCUT2D eigenvalue weighted by atomic mass is 19.4. The number of likely N-dealkylation sites (N-methyl/N-ethyl adjacent to an activating group) is 1. The molecule has 3 rings (SSSR count). The van der Waals surface area contributed by atoms with Gasteiger partial charge in [-0.2, -0.15) is 13.2 Å². The molecule has 0 spiro atoms. The van der Waals surface area contributed by atoms with Crippen LogP contribution in [0.4, 0.5) is 13.2 Å². The summed E-state index contributed by atoms with van der Waals surface area (Å²) < 4.78 is 45.0. The zero-order chi connectivity index (χ0) is 21.2. The van der Waals surface area contributed by atoms with Crippen LogP contribution in [0.15, 0.2) is 48.5 Å². The average Bonchev–Trinajstić information content (AvgIpc) is 3.48. The number of nitrogens with zero attached hydrogens (tertiary/aromatic N) is 1. The van der Waals surface area contributed by atoms with Gasteiger partial charge in [-0.1, -0.05) is 30.3 Å². The van der Waals surface area contributed by atoms with Crippen LogP contribution in [-0.4, -0.2) is 38.6 Å². The van der Waals surface area contributed by atoms with Crippen molar-refractivity contribution in [2.75, 3.05) is 27.7 Å². The third kappa shape index (κ3) is 4.90. The predicted octanol–water partition coefficient (Wildman–Crippen LogP) is 4.24. The van der Waals surface area contributed by atoms with Gasteiger partial charge in [-0.3, -0.25) is 4.79 Å². The number of carbonyl (C=O) groups excluding carboxylic acids is 1. The summed E-state index contributed by atoms with van der Waals surface area (Å²) in [6.07, 6.45) is -3.98. The van der Waals surface area contributed by atoms with Gasteiger partial charge in [0, 0.05) is 12.5 Å². The zero-order valence-electron chi connectivity index (χ0n) is 16.7. The minimum atomic E-state index is -4.41. The summed E-state index contributed by atoms with van der Waals surface area (Å²) in [6.45, 7) is 0.364. The van der Waals surface area contributed by atoms with Gasteiger partial charge in [0.2, 0.25) is 5.91 Å². The highest BCUT2D eigenvalue weighted by molar-refractivity contribution is 5.83. The molecule has 2 aromatic rings. The van der Waals surface area contributed by atoms with Crippen LogP contribution in [0.25, 0.3) is 0 Å². The molecule has 3 atom stereocenters. The van der Waals surface area contributed by atoms with Gasteiger partial charge in [0.25, 0.3) is 0 Å². The Labute approximate surface area is 168 Å². The molecule has 1 fully saturated rings. The van der Waals surface area contributed by atoms with Crippen molar-refractivity contribution in [1.29, 1.82) is 0 Å². The van der Waals surface area contributed by atoms with E-state index in [2.05, 4.69) is 5.32 Å². The summed E-state index contributed by atoms with van der Waals surface area (Å²) >= 11 is 0. The quantitative estimate of drug-likeness (QED) is 0.748. The number of ether oxygens (including phenoxy) is 1. The molecule has 1 saturated carbocycles. The van der Waals surface area contributed by atoms with Crippen LogP contribution in [0.1, 0.15) is 35.1 Å². The van der Waals surface area contributed by atoms with Crippen LogP contribution in [0.3, 0.4) is 0 Å². The fourth-order valence-electron chi connectivity index (χ4n) is 3.68. The molecule has 0 radical (unpaired) electrons. The van der Waals surface area contributed by atoms with Gasteiger partial charge >= 0.3 is 6.18 Å². The number of nitrogens with one attached hydrogen (secondary N) is 1. The SMILES string of the molecule is COc1cccc(C(CNC(=O)C2CC2c2ccccc2C(F)(F)F)N(C)C)c1. The number of benzene rings is 2. The largest absolute Gasteiger partial charge is 0.497 e. The molecule has 0 bridgehead atoms. The number of methoxy groups -OCH3 is 1. The Morgan fingerprint density at radius 3 is 2.59 bits per heavy atom. The molecular formula is C22H25F3N2O2. The number of carbonyl (C=O) groups is 1. The van der Waals surface area contributed by atoms with E-state index >= 15 is 0 Å². The first-order valence-electron chi connectivity index (χ1n) is 9.46. The second-order valence-corrected chi connectivity index (χ2v) is 7.53. The molecule has 1 amide bonds. The van der Waals surface area contributed by atoms with E-state index in [0.717, 1.165) is 17.4 Å². The lowest BCUT2D eigenvalue weighted by Crippen LogP contribution is -2.35. The molecule has 156 valence electrons. The first kappa shape index (κ1) is 21.2. The molecule has 4 nitrogen and oxygen atoms in total. The van der Waals surface area contributed by atoms with E-state index in [1.165, 1.54) is 12.1 Å². The maximum atomic E-state index is 13.2. The Balaban J connectivity index is 1.66. The maximum Gasteiger partial charge on any atom is 0.416 e. The highest BCUT2D eigenvalue weighted by Crippen LogP contribution is 2.51. The fourth-order valence-corrected chi connectivity index (χ4v) is 3.68. The Kier molecular flexibility index (Phi) is 6.17. The predicted molar refractivity (Wildman–Crippen MR) is 105 cm³/mol. The van der Waals surface area contributed by atoms with Crippen molar-refractivity contribution < 1.29 is 22.7 Å². The molecule has 1 N–H and O–H groups in total. The van der Waals surface area contributed by atoms with Crippen molar-refractivity contribution in [1.82, 2.24) is 10.2 Å². The molecule has 0 aromatic heterocycles. The van der Waals surface area contributed by atoms with E-state index in [1.807, 2.05) is 43.3 Å². The minimum absolute atomic E-state index is 0.0753. The minimum Gasteiger partial charge on any atom is -0.497 e. The second kappa shape index (κ2) is 8.45. The van der Waals surface area contributed by atoms with E-state index in [0.29, 0.717) is 13.0 Å². The molecule has 1 aliphatic carbocycles. The van der Waals surface area contributed by atoms with E-state index < -0.39 is 17.7 Å². The van der Waals surface area contributed by atoms with Gasteiger partial charge in [0.05, 0.1) is 18.7 Å². The molecule has 7 heteroatoms. The maximum absolute atomic E-state index is 13.2. The Morgan fingerprint density at radius 2 is 1.93 bits per heavy atom. The highest BCUT2D eigenvalue weighted by Gasteiger charge is 2.47. The van der Waals surface area contributed by atoms with Crippen LogP contribution in [0, 0.1) is 5.92 Å². The normalized spacial score (nSPS) is 19.7. The van der Waals surface area contributed by atoms with Crippen LogP contribution in [-0.2, 0) is 11.0 Å². The number of halogens is 3. The zero-order valence-corrected chi connectivity index (χ0v) is 16.7. The number of alkyl halides is 3. The molecule has 2 aromatic carbocycles. The van der Waals surface area contributed by atoms with Crippen LogP contribution >= 0.6 is 0 Å². The van der Waals surface area contributed by atoms with Crippen LogP contribution in [0.5, 0.6) is 5.75 Å². The van der Waals surface area contributed by atoms with E-state index in [9.17, 15) is 18.0 Å². The van der Waals surface area contributed by atoms with Gasteiger partial charge in [0.15, 0.2) is 0 Å². The lowest BCUT2D eigenvalue weighted by atomic mass is 10.0. The molecular weight excluding hydrogens is 381 g/mol.